The van der Waals surface area contributed by atoms with Gasteiger partial charge in [0.15, 0.2) is 0 Å². The van der Waals surface area contributed by atoms with Crippen LogP contribution in [0, 0.1) is 37.8 Å². The Morgan fingerprint density at radius 3 is 2.43 bits per heavy atom. The van der Waals surface area contributed by atoms with E-state index in [1.54, 1.807) is 13.7 Å². The average molecular weight is 430 g/mol. The predicted molar refractivity (Wildman–Crippen MR) is 43.6 cm³/mol. The number of nitrogens with zero attached hydrogens (tertiary/aromatic N) is 3. The average Bonchev–Trinajstić information content (AvgIpc) is 2.29. The van der Waals surface area contributed by atoms with Crippen LogP contribution >= 0.6 is 0 Å². The SMILES string of the molecule is CC(C)N1[CH-]N(C)N=C1OC(F)F.[U]. The largest absolute Gasteiger partial charge is 0.452 e. The van der Waals surface area contributed by atoms with Crippen LogP contribution in [-0.4, -0.2) is 35.6 Å². The van der Waals surface area contributed by atoms with Crippen molar-refractivity contribution in [2.24, 2.45) is 5.10 Å². The van der Waals surface area contributed by atoms with Gasteiger partial charge < -0.3 is 14.6 Å². The number of hydrazone groups is 1. The maximum Gasteiger partial charge on any atom is 0.389 e. The van der Waals surface area contributed by atoms with Crippen LogP contribution in [0.4, 0.5) is 8.78 Å². The Labute approximate surface area is 106 Å². The molecule has 0 aromatic carbocycles. The van der Waals surface area contributed by atoms with Crippen LogP contribution < -0.4 is 0 Å². The Kier molecular flexibility index (Phi) is 5.76. The molecule has 0 aromatic rings. The topological polar surface area (TPSA) is 28.1 Å². The Morgan fingerprint density at radius 2 is 2.00 bits per heavy atom. The molecule has 0 unspecified atom stereocenters. The molecular formula is C7H12F2N3OU-. The molecule has 0 bridgehead atoms. The third-order valence-electron chi connectivity index (χ3n) is 1.51. The summed E-state index contributed by atoms with van der Waals surface area (Å²) < 4.78 is 28.0. The van der Waals surface area contributed by atoms with E-state index < -0.39 is 6.61 Å². The molecule has 0 aromatic heterocycles. The monoisotopic (exact) mass is 430 g/mol. The number of hydrogen-bond acceptors (Lipinski definition) is 4. The summed E-state index contributed by atoms with van der Waals surface area (Å²) in [6, 6.07) is -0.0186. The first-order valence-corrected chi connectivity index (χ1v) is 3.90. The van der Waals surface area contributed by atoms with Gasteiger partial charge in [0, 0.05) is 31.1 Å². The van der Waals surface area contributed by atoms with E-state index in [-0.39, 0.29) is 43.2 Å². The molecule has 0 radical (unpaired) electrons. The van der Waals surface area contributed by atoms with E-state index >= 15 is 0 Å². The van der Waals surface area contributed by atoms with Crippen molar-refractivity contribution in [2.75, 3.05) is 7.05 Å². The Morgan fingerprint density at radius 1 is 1.43 bits per heavy atom. The summed E-state index contributed by atoms with van der Waals surface area (Å²) in [4.78, 5) is 1.53. The van der Waals surface area contributed by atoms with Gasteiger partial charge in [0.1, 0.15) is 0 Å². The standard InChI is InChI=1S/C7H12F2N3O.U/c1-5(2)12-4-11(3)10-7(12)13-6(8)9;/h4-6H,1-3H3;/q-1;. The van der Waals surface area contributed by atoms with Gasteiger partial charge >= 0.3 is 6.61 Å². The molecule has 4 nitrogen and oxygen atoms in total. The fourth-order valence-corrected chi connectivity index (χ4v) is 0.960. The van der Waals surface area contributed by atoms with Gasteiger partial charge in [0.25, 0.3) is 6.02 Å². The normalized spacial score (nSPS) is 16.1. The first kappa shape index (κ1) is 14.0. The van der Waals surface area contributed by atoms with E-state index in [1.807, 2.05) is 13.8 Å². The molecule has 0 atom stereocenters. The zero-order chi connectivity index (χ0) is 10.0. The van der Waals surface area contributed by atoms with Crippen LogP contribution in [-0.2, 0) is 4.74 Å². The van der Waals surface area contributed by atoms with Gasteiger partial charge in [-0.3, -0.25) is 0 Å². The summed E-state index contributed by atoms with van der Waals surface area (Å²) in [6.07, 6.45) is 0. The van der Waals surface area contributed by atoms with E-state index in [0.29, 0.717) is 0 Å². The first-order chi connectivity index (χ1) is 6.00. The summed E-state index contributed by atoms with van der Waals surface area (Å²) in [5, 5.41) is 5.18. The maximum absolute atomic E-state index is 11.9. The molecule has 0 spiro atoms. The number of rotatable bonds is 2. The van der Waals surface area contributed by atoms with Gasteiger partial charge in [-0.1, -0.05) is 0 Å². The maximum atomic E-state index is 11.9. The Hall–Kier alpha value is -0.0181. The third kappa shape index (κ3) is 3.62. The third-order valence-corrected chi connectivity index (χ3v) is 1.51. The van der Waals surface area contributed by atoms with Gasteiger partial charge in [-0.15, -0.1) is 6.67 Å². The molecule has 7 heteroatoms. The van der Waals surface area contributed by atoms with E-state index in [4.69, 9.17) is 0 Å². The molecule has 0 fully saturated rings. The molecule has 0 saturated carbocycles. The van der Waals surface area contributed by atoms with Crippen LogP contribution in [0.25, 0.3) is 0 Å². The Bertz CT molecular complexity index is 213. The Balaban J connectivity index is 0.00000169. The van der Waals surface area contributed by atoms with E-state index in [1.165, 1.54) is 9.91 Å². The van der Waals surface area contributed by atoms with Gasteiger partial charge in [0.2, 0.25) is 0 Å². The van der Waals surface area contributed by atoms with Crippen molar-refractivity contribution in [3.63, 3.8) is 0 Å². The van der Waals surface area contributed by atoms with Crippen molar-refractivity contribution in [3.8, 4) is 0 Å². The number of halogens is 2. The number of ether oxygens (including phenoxy) is 1. The predicted octanol–water partition coefficient (Wildman–Crippen LogP) is 1.27. The minimum absolute atomic E-state index is 0. The van der Waals surface area contributed by atoms with Gasteiger partial charge in [0.05, 0.1) is 0 Å². The smallest absolute Gasteiger partial charge is 0.389 e. The van der Waals surface area contributed by atoms with Gasteiger partial charge in [-0.2, -0.15) is 13.9 Å². The second kappa shape index (κ2) is 5.76. The van der Waals surface area contributed by atoms with Gasteiger partial charge in [-0.05, 0) is 26.9 Å². The summed E-state index contributed by atoms with van der Waals surface area (Å²) >= 11 is 0. The zero-order valence-electron chi connectivity index (χ0n) is 8.24. The van der Waals surface area contributed by atoms with Crippen molar-refractivity contribution in [1.29, 1.82) is 0 Å². The van der Waals surface area contributed by atoms with Crippen LogP contribution in [0.1, 0.15) is 13.8 Å². The summed E-state index contributed by atoms with van der Waals surface area (Å²) in [6.45, 7) is 2.49. The summed E-state index contributed by atoms with van der Waals surface area (Å²) in [5.41, 5.74) is 0. The van der Waals surface area contributed by atoms with Crippen LogP contribution in [0.15, 0.2) is 5.10 Å². The number of hydrogen-bond donors (Lipinski definition) is 0. The van der Waals surface area contributed by atoms with Crippen LogP contribution in [0.3, 0.4) is 0 Å². The van der Waals surface area contributed by atoms with Crippen molar-refractivity contribution >= 4 is 6.02 Å². The van der Waals surface area contributed by atoms with Gasteiger partial charge in [-0.25, -0.2) is 0 Å². The zero-order valence-corrected chi connectivity index (χ0v) is 12.4. The van der Waals surface area contributed by atoms with Crippen LogP contribution in [0.5, 0.6) is 0 Å². The molecule has 1 heterocycles. The molecule has 14 heavy (non-hydrogen) atoms. The van der Waals surface area contributed by atoms with E-state index in [2.05, 4.69) is 9.84 Å². The quantitative estimate of drug-likeness (QED) is 0.618. The molecule has 1 rings (SSSR count). The second-order valence-corrected chi connectivity index (χ2v) is 2.95. The molecule has 1 aliphatic heterocycles. The van der Waals surface area contributed by atoms with Crippen molar-refractivity contribution < 1.29 is 44.6 Å². The first-order valence-electron chi connectivity index (χ1n) is 3.90. The summed E-state index contributed by atoms with van der Waals surface area (Å²) in [7, 11) is 1.65. The fraction of sp³-hybridized carbons (Fsp3) is 0.714. The minimum Gasteiger partial charge on any atom is -0.452 e. The van der Waals surface area contributed by atoms with Crippen molar-refractivity contribution in [1.82, 2.24) is 9.91 Å². The second-order valence-electron chi connectivity index (χ2n) is 2.95. The van der Waals surface area contributed by atoms with Crippen molar-refractivity contribution in [2.45, 2.75) is 26.5 Å². The molecule has 1 aliphatic rings. The number of alkyl halides is 2. The summed E-state index contributed by atoms with van der Waals surface area (Å²) in [5.74, 6) is 0. The van der Waals surface area contributed by atoms with E-state index in [9.17, 15) is 8.78 Å². The van der Waals surface area contributed by atoms with Crippen LogP contribution in [0.2, 0.25) is 0 Å². The van der Waals surface area contributed by atoms with Crippen molar-refractivity contribution in [3.05, 3.63) is 6.67 Å². The molecule has 0 aliphatic carbocycles. The molecular weight excluding hydrogens is 418 g/mol. The molecule has 0 saturated heterocycles. The minimum atomic E-state index is -2.83. The molecule has 80 valence electrons. The molecule has 0 N–H and O–H groups in total. The number of amidine groups is 1. The fourth-order valence-electron chi connectivity index (χ4n) is 0.960. The molecule has 0 amide bonds. The van der Waals surface area contributed by atoms with E-state index in [0.717, 1.165) is 0 Å².